The molecular weight excluding hydrogens is 454 g/mol. The van der Waals surface area contributed by atoms with Gasteiger partial charge in [0.1, 0.15) is 10.1 Å². The molecule has 33 heavy (non-hydrogen) atoms. The smallest absolute Gasteiger partial charge is 0.266 e. The van der Waals surface area contributed by atoms with E-state index < -0.39 is 0 Å². The summed E-state index contributed by atoms with van der Waals surface area (Å²) in [6, 6.07) is 17.8. The number of carbonyl (C=O) groups excluding carboxylic acids is 1. The van der Waals surface area contributed by atoms with E-state index in [1.54, 1.807) is 12.0 Å². The summed E-state index contributed by atoms with van der Waals surface area (Å²) < 4.78 is 13.2. The Morgan fingerprint density at radius 3 is 2.55 bits per heavy atom. The van der Waals surface area contributed by atoms with Gasteiger partial charge in [-0.2, -0.15) is 5.10 Å². The molecule has 1 aliphatic heterocycles. The highest BCUT2D eigenvalue weighted by molar-refractivity contribution is 8.26. The summed E-state index contributed by atoms with van der Waals surface area (Å²) in [6.45, 7) is 3.63. The van der Waals surface area contributed by atoms with Crippen LogP contribution in [0, 0.1) is 0 Å². The maximum absolute atomic E-state index is 12.9. The average Bonchev–Trinajstić information content (AvgIpc) is 3.38. The van der Waals surface area contributed by atoms with Gasteiger partial charge >= 0.3 is 0 Å². The van der Waals surface area contributed by atoms with Gasteiger partial charge in [0.15, 0.2) is 0 Å². The number of hydrogen-bond acceptors (Lipinski definition) is 6. The van der Waals surface area contributed by atoms with Crippen molar-refractivity contribution in [2.45, 2.75) is 13.3 Å². The van der Waals surface area contributed by atoms with Crippen molar-refractivity contribution in [3.05, 3.63) is 71.3 Å². The third-order valence-electron chi connectivity index (χ3n) is 5.04. The predicted molar refractivity (Wildman–Crippen MR) is 137 cm³/mol. The summed E-state index contributed by atoms with van der Waals surface area (Å²) in [5, 5.41) is 4.84. The second kappa shape index (κ2) is 10.8. The first kappa shape index (κ1) is 23.2. The minimum absolute atomic E-state index is 0.108. The highest BCUT2D eigenvalue weighted by Crippen LogP contribution is 2.35. The van der Waals surface area contributed by atoms with E-state index in [1.807, 2.05) is 71.6 Å². The fourth-order valence-electron chi connectivity index (χ4n) is 3.38. The number of thiocarbonyl (C=S) groups is 1. The Kier molecular flexibility index (Phi) is 7.59. The van der Waals surface area contributed by atoms with E-state index >= 15 is 0 Å². The van der Waals surface area contributed by atoms with Crippen LogP contribution in [-0.4, -0.2) is 51.8 Å². The summed E-state index contributed by atoms with van der Waals surface area (Å²) >= 11 is 6.72. The fraction of sp³-hybridized carbons (Fsp3) is 0.240. The van der Waals surface area contributed by atoms with Crippen LogP contribution in [0.3, 0.4) is 0 Å². The maximum Gasteiger partial charge on any atom is 0.266 e. The van der Waals surface area contributed by atoms with Crippen molar-refractivity contribution in [1.82, 2.24) is 14.7 Å². The maximum atomic E-state index is 12.9. The van der Waals surface area contributed by atoms with E-state index in [9.17, 15) is 4.79 Å². The highest BCUT2D eigenvalue weighted by Gasteiger charge is 2.32. The van der Waals surface area contributed by atoms with Crippen LogP contribution in [0.1, 0.15) is 18.9 Å². The van der Waals surface area contributed by atoms with Gasteiger partial charge in [-0.1, -0.05) is 49.1 Å². The molecule has 6 nitrogen and oxygen atoms in total. The van der Waals surface area contributed by atoms with Crippen LogP contribution >= 0.6 is 24.0 Å². The molecule has 0 spiro atoms. The lowest BCUT2D eigenvalue weighted by atomic mass is 10.1. The van der Waals surface area contributed by atoms with E-state index in [0.717, 1.165) is 34.7 Å². The molecule has 2 aromatic carbocycles. The van der Waals surface area contributed by atoms with E-state index in [2.05, 4.69) is 6.92 Å². The Bertz CT molecular complexity index is 1160. The number of carbonyl (C=O) groups is 1. The molecule has 1 saturated heterocycles. The van der Waals surface area contributed by atoms with Gasteiger partial charge in [-0.25, -0.2) is 4.68 Å². The van der Waals surface area contributed by atoms with E-state index in [0.29, 0.717) is 29.0 Å². The second-order valence-electron chi connectivity index (χ2n) is 7.41. The van der Waals surface area contributed by atoms with E-state index in [-0.39, 0.29) is 5.91 Å². The molecule has 0 aliphatic carbocycles. The number of benzene rings is 2. The lowest BCUT2D eigenvalue weighted by Gasteiger charge is -2.12. The summed E-state index contributed by atoms with van der Waals surface area (Å²) in [6.07, 6.45) is 4.76. The second-order valence-corrected chi connectivity index (χ2v) is 9.09. The normalized spacial score (nSPS) is 15.0. The Hall–Kier alpha value is -2.94. The van der Waals surface area contributed by atoms with Crippen molar-refractivity contribution < 1.29 is 14.3 Å². The van der Waals surface area contributed by atoms with Crippen LogP contribution in [0.15, 0.2) is 65.7 Å². The minimum atomic E-state index is -0.108. The van der Waals surface area contributed by atoms with Gasteiger partial charge in [0.2, 0.25) is 0 Å². The molecule has 0 unspecified atom stereocenters. The summed E-state index contributed by atoms with van der Waals surface area (Å²) in [5.74, 6) is 0.715. The van der Waals surface area contributed by atoms with Crippen molar-refractivity contribution in [3.8, 4) is 22.7 Å². The number of hydrogen-bond donors (Lipinski definition) is 0. The highest BCUT2D eigenvalue weighted by atomic mass is 32.2. The van der Waals surface area contributed by atoms with Crippen molar-refractivity contribution in [2.75, 3.05) is 26.9 Å². The van der Waals surface area contributed by atoms with Crippen LogP contribution in [0.5, 0.6) is 5.75 Å². The van der Waals surface area contributed by atoms with Crippen molar-refractivity contribution in [1.29, 1.82) is 0 Å². The molecule has 3 aromatic rings. The lowest BCUT2D eigenvalue weighted by Crippen LogP contribution is -2.31. The first-order chi connectivity index (χ1) is 16.1. The number of nitrogens with zero attached hydrogens (tertiary/aromatic N) is 3. The molecule has 0 saturated carbocycles. The summed E-state index contributed by atoms with van der Waals surface area (Å²) in [5.41, 5.74) is 3.50. The van der Waals surface area contributed by atoms with Gasteiger partial charge in [0.25, 0.3) is 5.91 Å². The molecule has 170 valence electrons. The topological polar surface area (TPSA) is 56.6 Å². The van der Waals surface area contributed by atoms with Crippen molar-refractivity contribution in [3.63, 3.8) is 0 Å². The first-order valence-corrected chi connectivity index (χ1v) is 12.0. The number of aromatic nitrogens is 2. The standard InChI is InChI=1S/C25H25N3O3S2/c1-3-14-31-21-11-9-18(10-12-21)23-19(17-28(26-23)20-7-5-4-6-8-20)16-22-24(29)27(13-15-30-2)25(32)33-22/h4-12,16-17H,3,13-15H2,1-2H3. The van der Waals surface area contributed by atoms with Crippen molar-refractivity contribution in [2.24, 2.45) is 0 Å². The molecule has 0 radical (unpaired) electrons. The van der Waals surface area contributed by atoms with Gasteiger partial charge in [-0.15, -0.1) is 0 Å². The minimum Gasteiger partial charge on any atom is -0.494 e. The molecule has 1 aliphatic rings. The average molecular weight is 480 g/mol. The Balaban J connectivity index is 1.71. The molecule has 0 N–H and O–H groups in total. The molecule has 1 amide bonds. The Morgan fingerprint density at radius 2 is 1.85 bits per heavy atom. The SMILES string of the molecule is CCCOc1ccc(-c2nn(-c3ccccc3)cc2C=C2SC(=S)N(CCOC)C2=O)cc1. The van der Waals surface area contributed by atoms with Gasteiger partial charge in [0.05, 0.1) is 36.0 Å². The van der Waals surface area contributed by atoms with E-state index in [4.69, 9.17) is 26.8 Å². The van der Waals surface area contributed by atoms with E-state index in [1.165, 1.54) is 11.8 Å². The summed E-state index contributed by atoms with van der Waals surface area (Å²) in [7, 11) is 1.61. The molecule has 4 rings (SSSR count). The largest absolute Gasteiger partial charge is 0.494 e. The monoisotopic (exact) mass is 479 g/mol. The van der Waals surface area contributed by atoms with Crippen LogP contribution < -0.4 is 4.74 Å². The van der Waals surface area contributed by atoms with Gasteiger partial charge in [-0.05, 0) is 48.9 Å². The number of methoxy groups -OCH3 is 1. The quantitative estimate of drug-likeness (QED) is 0.312. The third-order valence-corrected chi connectivity index (χ3v) is 6.42. The van der Waals surface area contributed by atoms with Crippen LogP contribution in [-0.2, 0) is 9.53 Å². The van der Waals surface area contributed by atoms with Crippen LogP contribution in [0.2, 0.25) is 0 Å². The Morgan fingerprint density at radius 1 is 1.09 bits per heavy atom. The molecule has 8 heteroatoms. The molecule has 0 atom stereocenters. The number of rotatable bonds is 9. The fourth-order valence-corrected chi connectivity index (χ4v) is 4.68. The van der Waals surface area contributed by atoms with Crippen LogP contribution in [0.4, 0.5) is 0 Å². The number of thioether (sulfide) groups is 1. The first-order valence-electron chi connectivity index (χ1n) is 10.7. The third kappa shape index (κ3) is 5.35. The number of para-hydroxylation sites is 1. The zero-order chi connectivity index (χ0) is 23.2. The predicted octanol–water partition coefficient (Wildman–Crippen LogP) is 5.18. The number of ether oxygens (including phenoxy) is 2. The van der Waals surface area contributed by atoms with Gasteiger partial charge in [0, 0.05) is 24.4 Å². The molecule has 2 heterocycles. The zero-order valence-electron chi connectivity index (χ0n) is 18.6. The van der Waals surface area contributed by atoms with Crippen molar-refractivity contribution >= 4 is 40.3 Å². The molecular formula is C25H25N3O3S2. The molecule has 1 fully saturated rings. The molecule has 1 aromatic heterocycles. The number of amides is 1. The molecule has 0 bridgehead atoms. The van der Waals surface area contributed by atoms with Gasteiger partial charge < -0.3 is 9.47 Å². The Labute approximate surface area is 203 Å². The zero-order valence-corrected chi connectivity index (χ0v) is 20.2. The summed E-state index contributed by atoms with van der Waals surface area (Å²) in [4.78, 5) is 15.1. The van der Waals surface area contributed by atoms with Gasteiger partial charge in [-0.3, -0.25) is 9.69 Å². The van der Waals surface area contributed by atoms with Crippen LogP contribution in [0.25, 0.3) is 23.0 Å². The lowest BCUT2D eigenvalue weighted by molar-refractivity contribution is -0.122.